The van der Waals surface area contributed by atoms with Crippen molar-refractivity contribution in [3.05, 3.63) is 82.9 Å². The minimum atomic E-state index is -0.222. The Hall–Kier alpha value is -2.65. The molecule has 0 bridgehead atoms. The summed E-state index contributed by atoms with van der Waals surface area (Å²) in [4.78, 5) is 12.5. The minimum Gasteiger partial charge on any atom is -0.267 e. The number of hydrogen-bond donors (Lipinski definition) is 1. The van der Waals surface area contributed by atoms with Crippen LogP contribution in [-0.2, 0) is 0 Å². The molecule has 0 saturated carbocycles. The number of fused-ring (bicyclic) bond motifs is 1. The van der Waals surface area contributed by atoms with E-state index >= 15 is 0 Å². The molecule has 3 nitrogen and oxygen atoms in total. The number of amides is 1. The molecule has 0 heterocycles. The summed E-state index contributed by atoms with van der Waals surface area (Å²) in [5.74, 6) is -0.222. The number of hydrogen-bond acceptors (Lipinski definition) is 2. The lowest BCUT2D eigenvalue weighted by Gasteiger charge is -2.07. The topological polar surface area (TPSA) is 41.5 Å². The van der Waals surface area contributed by atoms with E-state index in [0.717, 1.165) is 22.0 Å². The van der Waals surface area contributed by atoms with E-state index in [2.05, 4.69) is 10.5 Å². The Morgan fingerprint density at radius 2 is 1.79 bits per heavy atom. The lowest BCUT2D eigenvalue weighted by atomic mass is 10.0. The molecule has 24 heavy (non-hydrogen) atoms. The van der Waals surface area contributed by atoms with Crippen LogP contribution in [0, 0.1) is 0 Å². The van der Waals surface area contributed by atoms with Crippen molar-refractivity contribution in [1.29, 1.82) is 0 Å². The largest absolute Gasteiger partial charge is 0.272 e. The van der Waals surface area contributed by atoms with E-state index in [1.54, 1.807) is 6.07 Å². The van der Waals surface area contributed by atoms with Gasteiger partial charge in [0.25, 0.3) is 5.91 Å². The second kappa shape index (κ2) is 7.28. The van der Waals surface area contributed by atoms with Gasteiger partial charge in [0.05, 0.1) is 5.71 Å². The van der Waals surface area contributed by atoms with Gasteiger partial charge < -0.3 is 0 Å². The summed E-state index contributed by atoms with van der Waals surface area (Å²) in [7, 11) is 0. The van der Waals surface area contributed by atoms with Crippen LogP contribution in [0.1, 0.15) is 29.3 Å². The van der Waals surface area contributed by atoms with E-state index in [0.29, 0.717) is 17.0 Å². The molecule has 1 amide bonds. The number of benzene rings is 3. The second-order valence-corrected chi connectivity index (χ2v) is 5.83. The van der Waals surface area contributed by atoms with Crippen LogP contribution in [-0.4, -0.2) is 11.6 Å². The Morgan fingerprint density at radius 1 is 1.04 bits per heavy atom. The molecule has 4 heteroatoms. The van der Waals surface area contributed by atoms with Crippen molar-refractivity contribution in [2.45, 2.75) is 13.3 Å². The standard InChI is InChI=1S/C20H17ClN2O/c1-2-19(15-9-5-10-16(21)13-15)22-23-20(24)18-12-6-8-14-7-3-4-11-17(14)18/h3-13H,2H2,1H3,(H,23,24). The molecule has 3 aromatic rings. The van der Waals surface area contributed by atoms with Crippen LogP contribution in [0.3, 0.4) is 0 Å². The zero-order valence-electron chi connectivity index (χ0n) is 13.3. The Bertz CT molecular complexity index is 913. The molecule has 1 N–H and O–H groups in total. The first-order valence-electron chi connectivity index (χ1n) is 7.79. The van der Waals surface area contributed by atoms with Crippen LogP contribution < -0.4 is 5.43 Å². The van der Waals surface area contributed by atoms with Gasteiger partial charge in [-0.05, 0) is 41.0 Å². The summed E-state index contributed by atoms with van der Waals surface area (Å²) in [6.45, 7) is 1.99. The molecule has 0 aliphatic rings. The molecule has 0 atom stereocenters. The van der Waals surface area contributed by atoms with E-state index in [-0.39, 0.29) is 5.91 Å². The molecule has 0 aliphatic carbocycles. The number of carbonyl (C=O) groups is 1. The van der Waals surface area contributed by atoms with Gasteiger partial charge in [-0.3, -0.25) is 4.79 Å². The molecule has 0 fully saturated rings. The van der Waals surface area contributed by atoms with Crippen LogP contribution in [0.2, 0.25) is 5.02 Å². The van der Waals surface area contributed by atoms with Crippen LogP contribution in [0.25, 0.3) is 10.8 Å². The molecule has 0 aromatic heterocycles. The monoisotopic (exact) mass is 336 g/mol. The predicted molar refractivity (Wildman–Crippen MR) is 99.7 cm³/mol. The van der Waals surface area contributed by atoms with Crippen molar-refractivity contribution in [3.63, 3.8) is 0 Å². The van der Waals surface area contributed by atoms with E-state index in [4.69, 9.17) is 11.6 Å². The van der Waals surface area contributed by atoms with Gasteiger partial charge in [0.2, 0.25) is 0 Å². The average Bonchev–Trinajstić information content (AvgIpc) is 2.61. The summed E-state index contributed by atoms with van der Waals surface area (Å²) in [5, 5.41) is 6.88. The number of hydrazone groups is 1. The molecule has 0 aliphatic heterocycles. The fourth-order valence-electron chi connectivity index (χ4n) is 2.62. The fraction of sp³-hybridized carbons (Fsp3) is 0.100. The van der Waals surface area contributed by atoms with Gasteiger partial charge in [-0.25, -0.2) is 5.43 Å². The molecule has 0 radical (unpaired) electrons. The van der Waals surface area contributed by atoms with E-state index < -0.39 is 0 Å². The molecule has 0 saturated heterocycles. The Labute approximate surface area is 146 Å². The van der Waals surface area contributed by atoms with Crippen molar-refractivity contribution in [2.75, 3.05) is 0 Å². The SMILES string of the molecule is CCC(=NNC(=O)c1cccc2ccccc12)c1cccc(Cl)c1. The van der Waals surface area contributed by atoms with Crippen LogP contribution in [0.5, 0.6) is 0 Å². The quantitative estimate of drug-likeness (QED) is 0.526. The van der Waals surface area contributed by atoms with Gasteiger partial charge in [0.1, 0.15) is 0 Å². The van der Waals surface area contributed by atoms with Crippen molar-refractivity contribution in [2.24, 2.45) is 5.10 Å². The summed E-state index contributed by atoms with van der Waals surface area (Å²) < 4.78 is 0. The number of nitrogens with one attached hydrogen (secondary N) is 1. The molecule has 120 valence electrons. The maximum absolute atomic E-state index is 12.5. The maximum Gasteiger partial charge on any atom is 0.272 e. The molecule has 3 aromatic carbocycles. The zero-order chi connectivity index (χ0) is 16.9. The average molecular weight is 337 g/mol. The molecule has 0 unspecified atom stereocenters. The van der Waals surface area contributed by atoms with Gasteiger partial charge in [0, 0.05) is 10.6 Å². The highest BCUT2D eigenvalue weighted by molar-refractivity contribution is 6.31. The Kier molecular flexibility index (Phi) is 4.92. The number of halogens is 1. The Balaban J connectivity index is 1.88. The molecule has 3 rings (SSSR count). The lowest BCUT2D eigenvalue weighted by Crippen LogP contribution is -2.20. The van der Waals surface area contributed by atoms with Crippen LogP contribution in [0.15, 0.2) is 71.8 Å². The highest BCUT2D eigenvalue weighted by atomic mass is 35.5. The highest BCUT2D eigenvalue weighted by Gasteiger charge is 2.09. The number of rotatable bonds is 4. The lowest BCUT2D eigenvalue weighted by molar-refractivity contribution is 0.0956. The summed E-state index contributed by atoms with van der Waals surface area (Å²) >= 11 is 6.03. The first-order chi connectivity index (χ1) is 11.7. The first kappa shape index (κ1) is 16.2. The van der Waals surface area contributed by atoms with E-state index in [1.807, 2.05) is 67.6 Å². The van der Waals surface area contributed by atoms with Gasteiger partial charge in [0.15, 0.2) is 0 Å². The first-order valence-corrected chi connectivity index (χ1v) is 8.17. The highest BCUT2D eigenvalue weighted by Crippen LogP contribution is 2.18. The van der Waals surface area contributed by atoms with Gasteiger partial charge in [-0.15, -0.1) is 0 Å². The van der Waals surface area contributed by atoms with E-state index in [1.165, 1.54) is 0 Å². The summed E-state index contributed by atoms with van der Waals surface area (Å²) in [5.41, 5.74) is 4.96. The van der Waals surface area contributed by atoms with E-state index in [9.17, 15) is 4.79 Å². The summed E-state index contributed by atoms with van der Waals surface area (Å²) in [6.07, 6.45) is 0.691. The van der Waals surface area contributed by atoms with Crippen molar-refractivity contribution in [3.8, 4) is 0 Å². The number of nitrogens with zero attached hydrogens (tertiary/aromatic N) is 1. The summed E-state index contributed by atoms with van der Waals surface area (Å²) in [6, 6.07) is 20.9. The van der Waals surface area contributed by atoms with Crippen molar-refractivity contribution in [1.82, 2.24) is 5.43 Å². The third-order valence-electron chi connectivity index (χ3n) is 3.82. The van der Waals surface area contributed by atoms with Crippen LogP contribution >= 0.6 is 11.6 Å². The van der Waals surface area contributed by atoms with Gasteiger partial charge in [-0.2, -0.15) is 5.10 Å². The van der Waals surface area contributed by atoms with Crippen molar-refractivity contribution < 1.29 is 4.79 Å². The third kappa shape index (κ3) is 3.47. The minimum absolute atomic E-state index is 0.222. The van der Waals surface area contributed by atoms with Gasteiger partial charge >= 0.3 is 0 Å². The fourth-order valence-corrected chi connectivity index (χ4v) is 2.81. The Morgan fingerprint density at radius 3 is 2.58 bits per heavy atom. The van der Waals surface area contributed by atoms with Crippen LogP contribution in [0.4, 0.5) is 0 Å². The molecular weight excluding hydrogens is 320 g/mol. The number of carbonyl (C=O) groups excluding carboxylic acids is 1. The zero-order valence-corrected chi connectivity index (χ0v) is 14.0. The third-order valence-corrected chi connectivity index (χ3v) is 4.05. The maximum atomic E-state index is 12.5. The normalized spacial score (nSPS) is 11.5. The van der Waals surface area contributed by atoms with Gasteiger partial charge in [-0.1, -0.05) is 67.1 Å². The predicted octanol–water partition coefficient (Wildman–Crippen LogP) is 5.04. The molecular formula is C20H17ClN2O. The van der Waals surface area contributed by atoms with Crippen molar-refractivity contribution >= 4 is 34.0 Å². The second-order valence-electron chi connectivity index (χ2n) is 5.39. The smallest absolute Gasteiger partial charge is 0.267 e. The molecule has 0 spiro atoms.